The van der Waals surface area contributed by atoms with Crippen LogP contribution in [-0.2, 0) is 60.7 Å². The third kappa shape index (κ3) is 24.7. The molecular weight excluding hydrogens is 1380 g/mol. The molecule has 0 aliphatic rings. The van der Waals surface area contributed by atoms with Crippen LogP contribution in [0.2, 0.25) is 0 Å². The molecule has 0 spiro atoms. The Morgan fingerprint density at radius 1 is 0.337 bits per heavy atom. The Labute approximate surface area is 547 Å². The molecule has 0 fully saturated rings. The van der Waals surface area contributed by atoms with Gasteiger partial charge in [0.05, 0.1) is 104 Å². The number of hydrogen-bond acceptors (Lipinski definition) is 28. The fourth-order valence-corrected chi connectivity index (χ4v) is 11.4. The Kier molecular flexibility index (Phi) is 26.1. The molecule has 0 saturated heterocycles. The highest BCUT2D eigenvalue weighted by molar-refractivity contribution is 7.87. The maximum Gasteiger partial charge on any atom is 0.296 e. The van der Waals surface area contributed by atoms with Crippen molar-refractivity contribution in [2.75, 3.05) is 81.0 Å². The van der Waals surface area contributed by atoms with Gasteiger partial charge in [-0.1, -0.05) is 0 Å². The molecule has 0 aromatic heterocycles. The number of methoxy groups -OCH3 is 2. The highest BCUT2D eigenvalue weighted by Gasteiger charge is 2.21. The molecule has 0 aliphatic carbocycles. The standard InChI is InChI=1S/C55H66N10O24S6/c1-34-23-46(50(86-15-7-19-90(66,67)68)29-42(34)62-64-48-25-36(3)44(31-52(48)88-17-9-21-92(72,73)74)60-58-40-13-11-38(84-5)27-54(40)94(78,79)80)56-33-57-47-24-35(2)43(30-51(47)87-16-8-20-91(69,70)71)63-65-49-26-37(4)45(32-53(49)89-18-10-22-93(75,76)77)61-59-41-14-12-39(85-6)28-55(41)95(81,82)83/h11-14,23-32,56-57H,7-10,15-22,33H2,1-6H3,(H,66,67,68)(H,69,70,71)(H,72,73,74)(H,75,76,77)(H,78,79,80)(H,81,82,83). The number of hydrogen-bond donors (Lipinski definition) is 8. The molecule has 6 aromatic rings. The van der Waals surface area contributed by atoms with E-state index < -0.39 is 93.5 Å². The Morgan fingerprint density at radius 3 is 0.884 bits per heavy atom. The molecule has 0 atom stereocenters. The van der Waals surface area contributed by atoms with E-state index in [0.717, 1.165) is 12.1 Å². The van der Waals surface area contributed by atoms with Gasteiger partial charge in [0.1, 0.15) is 67.0 Å². The van der Waals surface area contributed by atoms with E-state index in [1.165, 1.54) is 74.9 Å². The van der Waals surface area contributed by atoms with E-state index in [4.69, 9.17) is 28.4 Å². The van der Waals surface area contributed by atoms with Crippen LogP contribution in [0, 0.1) is 27.7 Å². The lowest BCUT2D eigenvalue weighted by Gasteiger charge is -2.18. The summed E-state index contributed by atoms with van der Waals surface area (Å²) in [7, 11) is -24.5. The number of nitrogens with zero attached hydrogens (tertiary/aromatic N) is 8. The predicted octanol–water partition coefficient (Wildman–Crippen LogP) is 11.2. The molecule has 6 aromatic carbocycles. The maximum atomic E-state index is 12.2. The molecule has 516 valence electrons. The minimum atomic E-state index is -4.80. The first-order valence-corrected chi connectivity index (χ1v) is 37.1. The fourth-order valence-electron chi connectivity index (χ4n) is 8.19. The zero-order chi connectivity index (χ0) is 70.1. The average Bonchev–Trinajstić information content (AvgIpc) is 0.831. The monoisotopic (exact) mass is 1440 g/mol. The zero-order valence-electron chi connectivity index (χ0n) is 51.3. The second kappa shape index (κ2) is 32.8. The Hall–Kier alpha value is -8.42. The second-order valence-corrected chi connectivity index (χ2v) is 29.5. The summed E-state index contributed by atoms with van der Waals surface area (Å²) in [5.74, 6) is -2.23. The Bertz CT molecular complexity index is 4340. The normalized spacial score (nSPS) is 12.7. The fraction of sp³-hybridized carbons (Fsp3) is 0.345. The van der Waals surface area contributed by atoms with Gasteiger partial charge in [-0.25, -0.2) is 0 Å². The smallest absolute Gasteiger partial charge is 0.296 e. The van der Waals surface area contributed by atoms with Crippen molar-refractivity contribution in [3.8, 4) is 34.5 Å². The number of azo groups is 4. The van der Waals surface area contributed by atoms with E-state index in [1.54, 1.807) is 39.8 Å². The number of nitrogens with one attached hydrogen (secondary N) is 2. The second-order valence-electron chi connectivity index (χ2n) is 20.4. The quantitative estimate of drug-likeness (QED) is 0.00784. The first-order valence-electron chi connectivity index (χ1n) is 27.7. The van der Waals surface area contributed by atoms with Gasteiger partial charge in [-0.15, -0.1) is 20.5 Å². The van der Waals surface area contributed by atoms with Gasteiger partial charge in [0, 0.05) is 36.4 Å². The van der Waals surface area contributed by atoms with Gasteiger partial charge in [0.25, 0.3) is 60.7 Å². The Morgan fingerprint density at radius 2 is 0.600 bits per heavy atom. The molecule has 34 nitrogen and oxygen atoms in total. The molecule has 0 saturated carbocycles. The van der Waals surface area contributed by atoms with Crippen molar-refractivity contribution < 1.29 is 106 Å². The number of rotatable bonds is 36. The molecule has 40 heteroatoms. The van der Waals surface area contributed by atoms with Crippen molar-refractivity contribution >= 4 is 118 Å². The van der Waals surface area contributed by atoms with Crippen LogP contribution in [0.25, 0.3) is 0 Å². The lowest BCUT2D eigenvalue weighted by Crippen LogP contribution is -2.15. The van der Waals surface area contributed by atoms with Gasteiger partial charge in [-0.05, 0) is 124 Å². The van der Waals surface area contributed by atoms with Gasteiger partial charge >= 0.3 is 0 Å². The molecular formula is C55H66N10O24S6. The van der Waals surface area contributed by atoms with E-state index in [9.17, 15) is 77.8 Å². The summed E-state index contributed by atoms with van der Waals surface area (Å²) in [5, 5.41) is 40.4. The molecule has 0 radical (unpaired) electrons. The Balaban J connectivity index is 1.33. The largest absolute Gasteiger partial charge is 0.497 e. The van der Waals surface area contributed by atoms with Crippen LogP contribution in [0.1, 0.15) is 47.9 Å². The van der Waals surface area contributed by atoms with Crippen LogP contribution in [0.15, 0.2) is 136 Å². The number of anilines is 2. The van der Waals surface area contributed by atoms with Crippen molar-refractivity contribution in [2.45, 2.75) is 63.2 Å². The molecule has 0 aliphatic heterocycles. The van der Waals surface area contributed by atoms with Crippen molar-refractivity contribution in [2.24, 2.45) is 40.9 Å². The van der Waals surface area contributed by atoms with Crippen molar-refractivity contribution in [1.82, 2.24) is 0 Å². The number of ether oxygens (including phenoxy) is 6. The van der Waals surface area contributed by atoms with Crippen LogP contribution in [0.4, 0.5) is 56.9 Å². The molecule has 0 amide bonds. The van der Waals surface area contributed by atoms with Crippen LogP contribution < -0.4 is 39.1 Å². The summed E-state index contributed by atoms with van der Waals surface area (Å²) >= 11 is 0. The summed E-state index contributed by atoms with van der Waals surface area (Å²) < 4.78 is 233. The lowest BCUT2D eigenvalue weighted by molar-refractivity contribution is 0.317. The molecule has 0 bridgehead atoms. The average molecular weight is 1440 g/mol. The van der Waals surface area contributed by atoms with E-state index in [1.807, 2.05) is 0 Å². The minimum Gasteiger partial charge on any atom is -0.497 e. The first kappa shape index (κ1) is 75.6. The molecule has 0 unspecified atom stereocenters. The van der Waals surface area contributed by atoms with Crippen LogP contribution in [0.5, 0.6) is 34.5 Å². The molecule has 6 rings (SSSR count). The molecule has 8 N–H and O–H groups in total. The van der Waals surface area contributed by atoms with Gasteiger partial charge < -0.3 is 39.1 Å². The maximum absolute atomic E-state index is 12.2. The number of aryl methyl sites for hydroxylation is 4. The summed E-state index contributed by atoms with van der Waals surface area (Å²) in [6, 6.07) is 19.2. The third-order valence-corrected chi connectivity index (χ3v) is 17.9. The first-order chi connectivity index (χ1) is 44.4. The van der Waals surface area contributed by atoms with Gasteiger partial charge in [-0.2, -0.15) is 71.0 Å². The van der Waals surface area contributed by atoms with Gasteiger partial charge in [0.15, 0.2) is 0 Å². The summed E-state index contributed by atoms with van der Waals surface area (Å²) in [4.78, 5) is -1.21. The van der Waals surface area contributed by atoms with Crippen molar-refractivity contribution in [3.63, 3.8) is 0 Å². The van der Waals surface area contributed by atoms with Gasteiger partial charge in [0.2, 0.25) is 0 Å². The van der Waals surface area contributed by atoms with E-state index in [0.29, 0.717) is 33.6 Å². The molecule has 95 heavy (non-hydrogen) atoms. The predicted molar refractivity (Wildman–Crippen MR) is 345 cm³/mol. The minimum absolute atomic E-state index is 0.0198. The summed E-state index contributed by atoms with van der Waals surface area (Å²) in [6.07, 6.45) is -0.657. The number of benzene rings is 6. The van der Waals surface area contributed by atoms with Gasteiger partial charge in [-0.3, -0.25) is 27.3 Å². The molecule has 0 heterocycles. The lowest BCUT2D eigenvalue weighted by atomic mass is 10.1. The van der Waals surface area contributed by atoms with E-state index in [-0.39, 0.29) is 139 Å². The van der Waals surface area contributed by atoms with Crippen LogP contribution >= 0.6 is 0 Å². The highest BCUT2D eigenvalue weighted by Crippen LogP contribution is 2.42. The third-order valence-electron chi connectivity index (χ3n) is 12.9. The van der Waals surface area contributed by atoms with E-state index in [2.05, 4.69) is 51.5 Å². The van der Waals surface area contributed by atoms with Crippen molar-refractivity contribution in [3.05, 3.63) is 107 Å². The van der Waals surface area contributed by atoms with Crippen LogP contribution in [-0.4, -0.2) is 148 Å². The zero-order valence-corrected chi connectivity index (χ0v) is 56.2. The summed E-state index contributed by atoms with van der Waals surface area (Å²) in [6.45, 7) is 5.41. The SMILES string of the molecule is COc1ccc(N=Nc2cc(OCCCS(=O)(=O)O)c(N=Nc3cc(OCCCS(=O)(=O)O)c(NCNc4cc(C)c(N=Nc5cc(C)c(N=Nc6ccc(OC)cc6S(=O)(=O)O)cc5OCCCS(=O)(=O)O)cc4OCCCS(=O)(=O)O)cc3C)cc2C)c(S(=O)(=O)O)c1. The van der Waals surface area contributed by atoms with Crippen molar-refractivity contribution in [1.29, 1.82) is 0 Å². The van der Waals surface area contributed by atoms with Crippen LogP contribution in [0.3, 0.4) is 0 Å². The topological polar surface area (TPSA) is 505 Å². The van der Waals surface area contributed by atoms with E-state index >= 15 is 0 Å². The highest BCUT2D eigenvalue weighted by atomic mass is 32.2. The summed E-state index contributed by atoms with van der Waals surface area (Å²) in [5.41, 5.74) is 2.61.